The van der Waals surface area contributed by atoms with E-state index in [4.69, 9.17) is 9.47 Å². The molecule has 1 heterocycles. The molecule has 1 saturated carbocycles. The van der Waals surface area contributed by atoms with Crippen molar-refractivity contribution < 1.29 is 19.1 Å². The van der Waals surface area contributed by atoms with Crippen molar-refractivity contribution in [3.8, 4) is 0 Å². The first-order valence-corrected chi connectivity index (χ1v) is 6.12. The van der Waals surface area contributed by atoms with Crippen molar-refractivity contribution >= 4 is 11.9 Å². The smallest absolute Gasteiger partial charge is 0.348 e. The van der Waals surface area contributed by atoms with Crippen molar-refractivity contribution in [1.82, 2.24) is 0 Å². The maximum atomic E-state index is 11.7. The maximum absolute atomic E-state index is 11.7. The standard InChI is InChI=1S/C13H18O4/c1-9(2)11(14)16-10-8-13(17-12(10)15)6-4-3-5-7-13/h10H,1,3-8H2,2H3. The van der Waals surface area contributed by atoms with Crippen LogP contribution < -0.4 is 0 Å². The second-order valence-electron chi connectivity index (χ2n) is 5.04. The lowest BCUT2D eigenvalue weighted by atomic mass is 9.82. The molecule has 0 aromatic rings. The maximum Gasteiger partial charge on any atom is 0.348 e. The Labute approximate surface area is 101 Å². The molecule has 1 atom stereocenters. The van der Waals surface area contributed by atoms with Gasteiger partial charge in [0.1, 0.15) is 5.60 Å². The van der Waals surface area contributed by atoms with Gasteiger partial charge in [0.2, 0.25) is 6.10 Å². The Hall–Kier alpha value is -1.32. The van der Waals surface area contributed by atoms with E-state index in [-0.39, 0.29) is 5.60 Å². The van der Waals surface area contributed by atoms with Gasteiger partial charge in [-0.1, -0.05) is 13.0 Å². The molecule has 0 aromatic heterocycles. The van der Waals surface area contributed by atoms with Crippen LogP contribution in [0.25, 0.3) is 0 Å². The largest absolute Gasteiger partial charge is 0.456 e. The first kappa shape index (κ1) is 12.1. The summed E-state index contributed by atoms with van der Waals surface area (Å²) in [5.74, 6) is -0.915. The van der Waals surface area contributed by atoms with Crippen molar-refractivity contribution in [2.45, 2.75) is 57.2 Å². The van der Waals surface area contributed by atoms with Gasteiger partial charge in [0, 0.05) is 12.0 Å². The molecule has 4 heteroatoms. The number of carbonyl (C=O) groups is 2. The zero-order chi connectivity index (χ0) is 12.5. The molecule has 1 aliphatic heterocycles. The molecule has 2 aliphatic rings. The molecule has 0 radical (unpaired) electrons. The number of hydrogen-bond acceptors (Lipinski definition) is 4. The minimum absolute atomic E-state index is 0.308. The molecule has 2 rings (SSSR count). The summed E-state index contributed by atoms with van der Waals surface area (Å²) in [5.41, 5.74) is -0.0579. The molecule has 2 fully saturated rings. The number of ether oxygens (including phenoxy) is 2. The summed E-state index contributed by atoms with van der Waals surface area (Å²) in [6.07, 6.45) is 4.89. The minimum atomic E-state index is -0.739. The van der Waals surface area contributed by atoms with Crippen LogP contribution in [0.1, 0.15) is 45.4 Å². The quantitative estimate of drug-likeness (QED) is 0.546. The minimum Gasteiger partial charge on any atom is -0.456 e. The summed E-state index contributed by atoms with van der Waals surface area (Å²) in [7, 11) is 0. The lowest BCUT2D eigenvalue weighted by Gasteiger charge is -2.31. The monoisotopic (exact) mass is 238 g/mol. The van der Waals surface area contributed by atoms with Gasteiger partial charge in [0.15, 0.2) is 0 Å². The van der Waals surface area contributed by atoms with Crippen LogP contribution in [0.5, 0.6) is 0 Å². The van der Waals surface area contributed by atoms with Gasteiger partial charge in [-0.25, -0.2) is 9.59 Å². The lowest BCUT2D eigenvalue weighted by molar-refractivity contribution is -0.161. The van der Waals surface area contributed by atoms with Gasteiger partial charge >= 0.3 is 11.9 Å². The third-order valence-electron chi connectivity index (χ3n) is 3.50. The molecule has 0 N–H and O–H groups in total. The van der Waals surface area contributed by atoms with Gasteiger partial charge in [-0.15, -0.1) is 0 Å². The summed E-state index contributed by atoms with van der Waals surface area (Å²) in [5, 5.41) is 0. The third kappa shape index (κ3) is 2.51. The summed E-state index contributed by atoms with van der Waals surface area (Å²) >= 11 is 0. The van der Waals surface area contributed by atoms with Crippen LogP contribution in [-0.2, 0) is 19.1 Å². The molecular weight excluding hydrogens is 220 g/mol. The Kier molecular flexibility index (Phi) is 3.22. The zero-order valence-electron chi connectivity index (χ0n) is 10.2. The van der Waals surface area contributed by atoms with Crippen LogP contribution >= 0.6 is 0 Å². The molecule has 1 saturated heterocycles. The third-order valence-corrected chi connectivity index (χ3v) is 3.50. The van der Waals surface area contributed by atoms with Crippen molar-refractivity contribution in [2.75, 3.05) is 0 Å². The first-order chi connectivity index (χ1) is 8.02. The number of esters is 2. The van der Waals surface area contributed by atoms with Gasteiger partial charge < -0.3 is 9.47 Å². The highest BCUT2D eigenvalue weighted by atomic mass is 16.6. The van der Waals surface area contributed by atoms with E-state index >= 15 is 0 Å². The number of carbonyl (C=O) groups excluding carboxylic acids is 2. The van der Waals surface area contributed by atoms with E-state index in [0.29, 0.717) is 12.0 Å². The van der Waals surface area contributed by atoms with Crippen molar-refractivity contribution in [1.29, 1.82) is 0 Å². The molecule has 0 aromatic carbocycles. The van der Waals surface area contributed by atoms with Crippen molar-refractivity contribution in [3.63, 3.8) is 0 Å². The van der Waals surface area contributed by atoms with Crippen LogP contribution in [0.2, 0.25) is 0 Å². The first-order valence-electron chi connectivity index (χ1n) is 6.12. The summed E-state index contributed by atoms with van der Waals surface area (Å²) in [6.45, 7) is 5.07. The second-order valence-corrected chi connectivity index (χ2v) is 5.04. The Morgan fingerprint density at radius 3 is 2.65 bits per heavy atom. The van der Waals surface area contributed by atoms with Crippen LogP contribution in [0.4, 0.5) is 0 Å². The number of rotatable bonds is 2. The molecule has 94 valence electrons. The molecule has 0 bridgehead atoms. The normalized spacial score (nSPS) is 26.6. The van der Waals surface area contributed by atoms with Gasteiger partial charge in [-0.05, 0) is 32.6 Å². The van der Waals surface area contributed by atoms with E-state index in [2.05, 4.69) is 6.58 Å². The summed E-state index contributed by atoms with van der Waals surface area (Å²) in [4.78, 5) is 23.1. The van der Waals surface area contributed by atoms with Crippen molar-refractivity contribution in [2.24, 2.45) is 0 Å². The highest BCUT2D eigenvalue weighted by molar-refractivity contribution is 5.90. The van der Waals surface area contributed by atoms with Crippen LogP contribution in [0.3, 0.4) is 0 Å². The van der Waals surface area contributed by atoms with E-state index in [9.17, 15) is 9.59 Å². The van der Waals surface area contributed by atoms with Gasteiger partial charge in [-0.2, -0.15) is 0 Å². The molecule has 17 heavy (non-hydrogen) atoms. The molecule has 4 nitrogen and oxygen atoms in total. The Morgan fingerprint density at radius 2 is 2.06 bits per heavy atom. The zero-order valence-corrected chi connectivity index (χ0v) is 10.2. The Bertz CT molecular complexity index is 352. The topological polar surface area (TPSA) is 52.6 Å². The fourth-order valence-electron chi connectivity index (χ4n) is 2.56. The lowest BCUT2D eigenvalue weighted by Crippen LogP contribution is -2.31. The highest BCUT2D eigenvalue weighted by Crippen LogP contribution is 2.40. The van der Waals surface area contributed by atoms with Crippen LogP contribution in [0, 0.1) is 0 Å². The van der Waals surface area contributed by atoms with E-state index in [1.807, 2.05) is 0 Å². The highest BCUT2D eigenvalue weighted by Gasteiger charge is 2.48. The van der Waals surface area contributed by atoms with Crippen LogP contribution in [-0.4, -0.2) is 23.6 Å². The average Bonchev–Trinajstić information content (AvgIpc) is 2.56. The SMILES string of the molecule is C=C(C)C(=O)OC1CC2(CCCCC2)OC1=O. The van der Waals surface area contributed by atoms with Gasteiger partial charge in [0.25, 0.3) is 0 Å². The predicted molar refractivity (Wildman–Crippen MR) is 61.2 cm³/mol. The number of hydrogen-bond donors (Lipinski definition) is 0. The van der Waals surface area contributed by atoms with Crippen LogP contribution in [0.15, 0.2) is 12.2 Å². The fourth-order valence-corrected chi connectivity index (χ4v) is 2.56. The molecule has 0 amide bonds. The molecule has 1 unspecified atom stereocenters. The molecule has 1 spiro atoms. The van der Waals surface area contributed by atoms with E-state index in [1.54, 1.807) is 6.92 Å². The fraction of sp³-hybridized carbons (Fsp3) is 0.692. The van der Waals surface area contributed by atoms with E-state index < -0.39 is 18.0 Å². The molecule has 1 aliphatic carbocycles. The second kappa shape index (κ2) is 4.51. The Morgan fingerprint density at radius 1 is 1.41 bits per heavy atom. The van der Waals surface area contributed by atoms with Gasteiger partial charge in [-0.3, -0.25) is 0 Å². The molecular formula is C13H18O4. The summed E-state index contributed by atoms with van der Waals surface area (Å²) < 4.78 is 10.5. The average molecular weight is 238 g/mol. The Balaban J connectivity index is 1.99. The predicted octanol–water partition coefficient (Wildman–Crippen LogP) is 2.12. The summed E-state index contributed by atoms with van der Waals surface area (Å²) in [6, 6.07) is 0. The van der Waals surface area contributed by atoms with Crippen molar-refractivity contribution in [3.05, 3.63) is 12.2 Å². The van der Waals surface area contributed by atoms with E-state index in [1.165, 1.54) is 6.42 Å². The van der Waals surface area contributed by atoms with E-state index in [0.717, 1.165) is 25.7 Å². The van der Waals surface area contributed by atoms with Gasteiger partial charge in [0.05, 0.1) is 0 Å².